The molecular formula is C18H20BN3O7S. The van der Waals surface area contributed by atoms with E-state index in [9.17, 15) is 19.7 Å². The van der Waals surface area contributed by atoms with Crippen LogP contribution in [-0.2, 0) is 16.0 Å². The zero-order valence-electron chi connectivity index (χ0n) is 16.1. The van der Waals surface area contributed by atoms with Crippen LogP contribution >= 0.6 is 11.3 Å². The Morgan fingerprint density at radius 2 is 2.20 bits per heavy atom. The van der Waals surface area contributed by atoms with E-state index in [0.717, 1.165) is 0 Å². The minimum Gasteiger partial charge on any atom is -0.535 e. The molecule has 0 saturated carbocycles. The number of carboxylic acid groups (broad SMARTS) is 1. The van der Waals surface area contributed by atoms with Crippen LogP contribution in [0, 0.1) is 0 Å². The zero-order valence-corrected chi connectivity index (χ0v) is 16.9. The summed E-state index contributed by atoms with van der Waals surface area (Å²) in [5, 5.41) is 21.4. The molecule has 1 amide bonds. The number of ether oxygens (including phenoxy) is 2. The van der Waals surface area contributed by atoms with Crippen molar-refractivity contribution in [2.24, 2.45) is 0 Å². The third-order valence-electron chi connectivity index (χ3n) is 5.05. The number of carboxylic acids is 1. The molecule has 2 aromatic rings. The van der Waals surface area contributed by atoms with Gasteiger partial charge in [-0.05, 0) is 24.4 Å². The van der Waals surface area contributed by atoms with Crippen molar-refractivity contribution in [3.05, 3.63) is 34.3 Å². The van der Waals surface area contributed by atoms with E-state index in [1.807, 2.05) is 0 Å². The number of thiazole rings is 1. The Morgan fingerprint density at radius 3 is 2.83 bits per heavy atom. The molecule has 1 saturated heterocycles. The predicted molar refractivity (Wildman–Crippen MR) is 108 cm³/mol. The van der Waals surface area contributed by atoms with Crippen LogP contribution in [0.2, 0.25) is 6.32 Å². The summed E-state index contributed by atoms with van der Waals surface area (Å²) in [4.78, 5) is 30.2. The van der Waals surface area contributed by atoms with E-state index in [2.05, 4.69) is 4.98 Å². The summed E-state index contributed by atoms with van der Waals surface area (Å²) in [5.74, 6) is -1.20. The second kappa shape index (κ2) is 8.13. The fourth-order valence-electron chi connectivity index (χ4n) is 3.52. The summed E-state index contributed by atoms with van der Waals surface area (Å²) in [6, 6.07) is 3.32. The first-order valence-electron chi connectivity index (χ1n) is 9.30. The number of nitrogens with zero attached hydrogens (tertiary/aromatic N) is 2. The Hall–Kier alpha value is -2.83. The number of fused-ring (bicyclic) bond motifs is 1. The lowest BCUT2D eigenvalue weighted by Gasteiger charge is -2.40. The van der Waals surface area contributed by atoms with Gasteiger partial charge in [0.05, 0.1) is 18.8 Å². The molecular weight excluding hydrogens is 413 g/mol. The Kier molecular flexibility index (Phi) is 5.54. The molecule has 0 radical (unpaired) electrons. The molecule has 3 heterocycles. The average Bonchev–Trinajstić information content (AvgIpc) is 3.09. The molecule has 4 rings (SSSR count). The number of aromatic carboxylic acids is 1. The Balaban J connectivity index is 1.44. The van der Waals surface area contributed by atoms with Crippen LogP contribution in [0.1, 0.15) is 27.7 Å². The molecule has 1 aromatic heterocycles. The highest BCUT2D eigenvalue weighted by Gasteiger charge is 2.38. The first-order chi connectivity index (χ1) is 14.4. The van der Waals surface area contributed by atoms with Gasteiger partial charge in [-0.25, -0.2) is 9.78 Å². The minimum absolute atomic E-state index is 0.122. The minimum atomic E-state index is -1.20. The van der Waals surface area contributed by atoms with Gasteiger partial charge in [0.25, 0.3) is 5.91 Å². The van der Waals surface area contributed by atoms with Crippen molar-refractivity contribution in [1.29, 1.82) is 0 Å². The Bertz CT molecular complexity index is 979. The van der Waals surface area contributed by atoms with Gasteiger partial charge < -0.3 is 34.9 Å². The monoisotopic (exact) mass is 433 g/mol. The highest BCUT2D eigenvalue weighted by Crippen LogP contribution is 2.37. The molecule has 1 fully saturated rings. The van der Waals surface area contributed by atoms with Gasteiger partial charge in [-0.2, -0.15) is 0 Å². The van der Waals surface area contributed by atoms with Crippen molar-refractivity contribution in [2.75, 3.05) is 25.9 Å². The van der Waals surface area contributed by atoms with Crippen LogP contribution in [0.3, 0.4) is 0 Å². The first-order valence-corrected chi connectivity index (χ1v) is 10.2. The molecule has 0 unspecified atom stereocenters. The van der Waals surface area contributed by atoms with Gasteiger partial charge >= 0.3 is 13.1 Å². The largest absolute Gasteiger partial charge is 0.535 e. The van der Waals surface area contributed by atoms with Gasteiger partial charge in [-0.15, -0.1) is 11.3 Å². The number of rotatable bonds is 6. The summed E-state index contributed by atoms with van der Waals surface area (Å²) in [7, 11) is 0.375. The van der Waals surface area contributed by atoms with E-state index >= 15 is 0 Å². The predicted octanol–water partition coefficient (Wildman–Crippen LogP) is 0.816. The Morgan fingerprint density at radius 1 is 1.43 bits per heavy atom. The number of benzene rings is 1. The number of aromatic nitrogens is 1. The van der Waals surface area contributed by atoms with Crippen LogP contribution < -0.4 is 15.1 Å². The Labute approximate surface area is 176 Å². The maximum Gasteiger partial charge on any atom is 0.522 e. The lowest BCUT2D eigenvalue weighted by Crippen LogP contribution is -2.57. The number of carbonyl (C=O) groups excluding carboxylic acids is 1. The van der Waals surface area contributed by atoms with Crippen molar-refractivity contribution >= 4 is 35.5 Å². The van der Waals surface area contributed by atoms with Gasteiger partial charge in [0.1, 0.15) is 23.2 Å². The molecule has 12 heteroatoms. The normalized spacial score (nSPS) is 17.0. The number of aryl methyl sites for hydroxylation is 1. The number of methoxy groups -OCH3 is 1. The molecule has 1 atom stereocenters. The fourth-order valence-corrected chi connectivity index (χ4v) is 4.10. The van der Waals surface area contributed by atoms with E-state index in [1.54, 1.807) is 22.4 Å². The number of nitrogen functional groups attached to an aromatic ring is 1. The van der Waals surface area contributed by atoms with Crippen molar-refractivity contribution in [3.8, 4) is 11.5 Å². The topological polar surface area (TPSA) is 144 Å². The molecule has 158 valence electrons. The molecule has 0 aliphatic carbocycles. The number of nitrogens with two attached hydrogens (primary N) is 1. The summed E-state index contributed by atoms with van der Waals surface area (Å²) in [6.45, 7) is 0.551. The molecule has 4 N–H and O–H groups in total. The smallest absolute Gasteiger partial charge is 0.522 e. The number of hydrogen-bond donors (Lipinski definition) is 3. The lowest BCUT2D eigenvalue weighted by molar-refractivity contribution is -0.151. The van der Waals surface area contributed by atoms with E-state index < -0.39 is 19.2 Å². The SMILES string of the molecule is CO[C@@H](C(=O)N1CC(Oc2ccc3c(c2C(=O)O)OB(O)CC3)C1)c1csc(N)n1. The van der Waals surface area contributed by atoms with E-state index in [-0.39, 0.29) is 42.2 Å². The number of amides is 1. The fraction of sp³-hybridized carbons (Fsp3) is 0.389. The summed E-state index contributed by atoms with van der Waals surface area (Å²) in [5.41, 5.74) is 6.67. The van der Waals surface area contributed by atoms with Crippen LogP contribution in [0.25, 0.3) is 0 Å². The maximum atomic E-state index is 12.7. The summed E-state index contributed by atoms with van der Waals surface area (Å²) >= 11 is 1.23. The van der Waals surface area contributed by atoms with Gasteiger partial charge in [0, 0.05) is 12.5 Å². The van der Waals surface area contributed by atoms with E-state index in [0.29, 0.717) is 29.1 Å². The maximum absolute atomic E-state index is 12.7. The first kappa shape index (κ1) is 20.4. The molecule has 0 bridgehead atoms. The van der Waals surface area contributed by atoms with Crippen LogP contribution in [0.5, 0.6) is 11.5 Å². The molecule has 0 spiro atoms. The molecule has 2 aliphatic heterocycles. The summed E-state index contributed by atoms with van der Waals surface area (Å²) < 4.78 is 16.5. The van der Waals surface area contributed by atoms with Crippen molar-refractivity contribution in [2.45, 2.75) is 24.9 Å². The van der Waals surface area contributed by atoms with Gasteiger partial charge in [0.15, 0.2) is 11.2 Å². The van der Waals surface area contributed by atoms with Gasteiger partial charge in [-0.3, -0.25) is 4.79 Å². The quantitative estimate of drug-likeness (QED) is 0.564. The third kappa shape index (κ3) is 3.81. The molecule has 30 heavy (non-hydrogen) atoms. The van der Waals surface area contributed by atoms with Crippen LogP contribution in [-0.4, -0.2) is 65.3 Å². The highest BCUT2D eigenvalue weighted by molar-refractivity contribution is 7.13. The molecule has 10 nitrogen and oxygen atoms in total. The molecule has 2 aliphatic rings. The van der Waals surface area contributed by atoms with Crippen LogP contribution in [0.4, 0.5) is 5.13 Å². The van der Waals surface area contributed by atoms with Crippen molar-refractivity contribution in [1.82, 2.24) is 9.88 Å². The zero-order chi connectivity index (χ0) is 21.4. The number of likely N-dealkylation sites (tertiary alicyclic amines) is 1. The number of carbonyl (C=O) groups is 2. The van der Waals surface area contributed by atoms with Crippen LogP contribution in [0.15, 0.2) is 17.5 Å². The molecule has 1 aromatic carbocycles. The standard InChI is InChI=1S/C18H20BN3O7S/c1-27-15(11-8-30-18(20)21-11)16(23)22-6-10(7-22)28-12-3-2-9-4-5-19(26)29-14(9)13(12)17(24)25/h2-3,8,10,15,26H,4-7H2,1H3,(H2,20,21)(H,24,25)/t15-/m1/s1. The van der Waals surface area contributed by atoms with Gasteiger partial charge in [0.2, 0.25) is 0 Å². The lowest BCUT2D eigenvalue weighted by atomic mass is 9.78. The number of anilines is 1. The van der Waals surface area contributed by atoms with E-state index in [4.69, 9.17) is 19.9 Å². The highest BCUT2D eigenvalue weighted by atomic mass is 32.1. The van der Waals surface area contributed by atoms with Gasteiger partial charge in [-0.1, -0.05) is 6.07 Å². The summed E-state index contributed by atoms with van der Waals surface area (Å²) in [6.07, 6.45) is -0.316. The average molecular weight is 433 g/mol. The van der Waals surface area contributed by atoms with E-state index in [1.165, 1.54) is 18.4 Å². The van der Waals surface area contributed by atoms with Crippen molar-refractivity contribution < 1.29 is 33.8 Å². The van der Waals surface area contributed by atoms with Crippen molar-refractivity contribution in [3.63, 3.8) is 0 Å². The second-order valence-corrected chi connectivity index (χ2v) is 7.94. The number of hydrogen-bond acceptors (Lipinski definition) is 9. The third-order valence-corrected chi connectivity index (χ3v) is 5.74. The second-order valence-electron chi connectivity index (χ2n) is 7.05.